The second-order valence-corrected chi connectivity index (χ2v) is 6.04. The van der Waals surface area contributed by atoms with E-state index in [-0.39, 0.29) is 17.7 Å². The smallest absolute Gasteiger partial charge is 0.355 e. The molecule has 3 rings (SSSR count). The third-order valence-corrected chi connectivity index (χ3v) is 4.25. The van der Waals surface area contributed by atoms with Crippen LogP contribution in [-0.4, -0.2) is 46.5 Å². The van der Waals surface area contributed by atoms with Crippen molar-refractivity contribution in [2.75, 3.05) is 19.6 Å². The summed E-state index contributed by atoms with van der Waals surface area (Å²) < 4.78 is 4.40. The number of carbonyl (C=O) groups excluding carboxylic acids is 2. The van der Waals surface area contributed by atoms with Gasteiger partial charge in [-0.2, -0.15) is 0 Å². The first kappa shape index (κ1) is 16.9. The van der Waals surface area contributed by atoms with Crippen molar-refractivity contribution in [3.63, 3.8) is 0 Å². The van der Waals surface area contributed by atoms with Crippen LogP contribution in [-0.2, 0) is 11.2 Å². The van der Waals surface area contributed by atoms with Crippen molar-refractivity contribution in [1.29, 1.82) is 0 Å². The Morgan fingerprint density at radius 3 is 2.84 bits per heavy atom. The molecule has 1 aliphatic rings. The normalized spacial score (nSPS) is 17.3. The highest BCUT2D eigenvalue weighted by Crippen LogP contribution is 2.18. The van der Waals surface area contributed by atoms with Gasteiger partial charge >= 0.3 is 5.76 Å². The Kier molecular flexibility index (Phi) is 5.27. The molecule has 1 atom stereocenters. The molecule has 8 nitrogen and oxygen atoms in total. The van der Waals surface area contributed by atoms with E-state index in [1.54, 1.807) is 17.0 Å². The number of nitrogens with zero attached hydrogens (tertiary/aromatic N) is 2. The summed E-state index contributed by atoms with van der Waals surface area (Å²) in [5.41, 5.74) is 0.638. The van der Waals surface area contributed by atoms with Crippen LogP contribution in [0.15, 0.2) is 39.6 Å². The number of hydrogen-bond donors (Lipinski definition) is 2. The van der Waals surface area contributed by atoms with E-state index in [0.717, 1.165) is 12.8 Å². The molecule has 1 aromatic heterocycles. The Bertz CT molecular complexity index is 783. The summed E-state index contributed by atoms with van der Waals surface area (Å²) in [6, 6.07) is 9.09. The Hall–Kier alpha value is -2.90. The molecule has 2 N–H and O–H groups in total. The number of benzene rings is 1. The quantitative estimate of drug-likeness (QED) is 0.824. The van der Waals surface area contributed by atoms with E-state index >= 15 is 0 Å². The molecule has 25 heavy (non-hydrogen) atoms. The van der Waals surface area contributed by atoms with E-state index in [4.69, 9.17) is 0 Å². The molecule has 2 aromatic rings. The number of rotatable bonds is 5. The molecule has 0 spiro atoms. The molecule has 2 amide bonds. The molecule has 0 radical (unpaired) electrons. The zero-order valence-corrected chi connectivity index (χ0v) is 13.7. The molecule has 0 aliphatic carbocycles. The summed E-state index contributed by atoms with van der Waals surface area (Å²) in [5, 5.41) is 6.38. The molecule has 1 aliphatic heterocycles. The van der Waals surface area contributed by atoms with Crippen LogP contribution in [0.5, 0.6) is 0 Å². The first-order valence-electron chi connectivity index (χ1n) is 8.30. The zero-order chi connectivity index (χ0) is 17.6. The predicted molar refractivity (Wildman–Crippen MR) is 88.9 cm³/mol. The van der Waals surface area contributed by atoms with E-state index in [1.165, 1.54) is 0 Å². The van der Waals surface area contributed by atoms with Crippen LogP contribution in [0.25, 0.3) is 0 Å². The van der Waals surface area contributed by atoms with Gasteiger partial charge in [0.25, 0.3) is 5.91 Å². The van der Waals surface area contributed by atoms with Crippen LogP contribution in [0.1, 0.15) is 29.0 Å². The number of hydrogen-bond acceptors (Lipinski definition) is 5. The Morgan fingerprint density at radius 2 is 2.12 bits per heavy atom. The summed E-state index contributed by atoms with van der Waals surface area (Å²) in [7, 11) is 0. The summed E-state index contributed by atoms with van der Waals surface area (Å²) in [4.78, 5) is 39.9. The molecule has 1 saturated heterocycles. The standard InChI is InChI=1S/C17H20N4O4/c22-15(18-9-8-14-19-17(24)25-20-14)13-7-4-10-21(11-13)16(23)12-5-2-1-3-6-12/h1-3,5-6,13H,4,7-11H2,(H,18,22)(H,19,20,24). The second kappa shape index (κ2) is 7.78. The summed E-state index contributed by atoms with van der Waals surface area (Å²) in [6.45, 7) is 1.43. The van der Waals surface area contributed by atoms with E-state index < -0.39 is 5.76 Å². The van der Waals surface area contributed by atoms with Crippen molar-refractivity contribution in [2.24, 2.45) is 5.92 Å². The average Bonchev–Trinajstić information content (AvgIpc) is 3.07. The molecular weight excluding hydrogens is 324 g/mol. The molecule has 8 heteroatoms. The highest BCUT2D eigenvalue weighted by Gasteiger charge is 2.28. The van der Waals surface area contributed by atoms with Gasteiger partial charge in [-0.25, -0.2) is 4.79 Å². The number of carbonyl (C=O) groups is 2. The Balaban J connectivity index is 1.51. The molecular formula is C17H20N4O4. The lowest BCUT2D eigenvalue weighted by molar-refractivity contribution is -0.126. The van der Waals surface area contributed by atoms with Crippen molar-refractivity contribution < 1.29 is 14.1 Å². The van der Waals surface area contributed by atoms with Crippen molar-refractivity contribution >= 4 is 11.8 Å². The first-order chi connectivity index (χ1) is 12.1. The molecule has 1 fully saturated rings. The lowest BCUT2D eigenvalue weighted by Crippen LogP contribution is -2.45. The minimum atomic E-state index is -0.608. The van der Waals surface area contributed by atoms with Crippen LogP contribution in [0.4, 0.5) is 0 Å². The van der Waals surface area contributed by atoms with Gasteiger partial charge in [0.1, 0.15) is 0 Å². The fraction of sp³-hybridized carbons (Fsp3) is 0.412. The Morgan fingerprint density at radius 1 is 1.32 bits per heavy atom. The van der Waals surface area contributed by atoms with Gasteiger partial charge in [0, 0.05) is 31.6 Å². The van der Waals surface area contributed by atoms with Gasteiger partial charge in [-0.05, 0) is 25.0 Å². The SMILES string of the molecule is O=C(NCCc1noc(=O)[nH]1)C1CCCN(C(=O)c2ccccc2)C1. The van der Waals surface area contributed by atoms with Crippen LogP contribution in [0, 0.1) is 5.92 Å². The minimum absolute atomic E-state index is 0.0433. The van der Waals surface area contributed by atoms with E-state index in [9.17, 15) is 14.4 Å². The number of aromatic nitrogens is 2. The number of amides is 2. The monoisotopic (exact) mass is 344 g/mol. The van der Waals surface area contributed by atoms with Gasteiger partial charge in [0.15, 0.2) is 5.82 Å². The van der Waals surface area contributed by atoms with E-state index in [1.807, 2.05) is 18.2 Å². The summed E-state index contributed by atoms with van der Waals surface area (Å²) >= 11 is 0. The third kappa shape index (κ3) is 4.34. The van der Waals surface area contributed by atoms with Gasteiger partial charge in [-0.15, -0.1) is 0 Å². The highest BCUT2D eigenvalue weighted by atomic mass is 16.5. The maximum absolute atomic E-state index is 12.5. The fourth-order valence-electron chi connectivity index (χ4n) is 2.96. The summed E-state index contributed by atoms with van der Waals surface area (Å²) in [5.74, 6) is -0.564. The predicted octanol–water partition coefficient (Wildman–Crippen LogP) is 0.574. The van der Waals surface area contributed by atoms with Gasteiger partial charge < -0.3 is 10.2 Å². The first-order valence-corrected chi connectivity index (χ1v) is 8.30. The summed E-state index contributed by atoms with van der Waals surface area (Å²) in [6.07, 6.45) is 1.94. The van der Waals surface area contributed by atoms with E-state index in [2.05, 4.69) is 20.0 Å². The molecule has 0 bridgehead atoms. The third-order valence-electron chi connectivity index (χ3n) is 4.25. The minimum Gasteiger partial charge on any atom is -0.355 e. The van der Waals surface area contributed by atoms with E-state index in [0.29, 0.717) is 37.4 Å². The van der Waals surface area contributed by atoms with Gasteiger partial charge in [-0.1, -0.05) is 23.4 Å². The largest absolute Gasteiger partial charge is 0.438 e. The molecule has 132 valence electrons. The molecule has 1 aromatic carbocycles. The number of nitrogens with one attached hydrogen (secondary N) is 2. The maximum Gasteiger partial charge on any atom is 0.438 e. The number of H-pyrrole nitrogens is 1. The van der Waals surface area contributed by atoms with Crippen LogP contribution in [0.3, 0.4) is 0 Å². The average molecular weight is 344 g/mol. The maximum atomic E-state index is 12.5. The van der Waals surface area contributed by atoms with Crippen molar-refractivity contribution in [3.8, 4) is 0 Å². The molecule has 0 saturated carbocycles. The topological polar surface area (TPSA) is 108 Å². The van der Waals surface area contributed by atoms with Crippen molar-refractivity contribution in [3.05, 3.63) is 52.3 Å². The molecule has 1 unspecified atom stereocenters. The second-order valence-electron chi connectivity index (χ2n) is 6.04. The van der Waals surface area contributed by atoms with Crippen LogP contribution < -0.4 is 11.1 Å². The van der Waals surface area contributed by atoms with Gasteiger partial charge in [0.05, 0.1) is 5.92 Å². The van der Waals surface area contributed by atoms with Gasteiger partial charge in [-0.3, -0.25) is 19.1 Å². The fourth-order valence-corrected chi connectivity index (χ4v) is 2.96. The van der Waals surface area contributed by atoms with Crippen molar-refractivity contribution in [1.82, 2.24) is 20.4 Å². The van der Waals surface area contributed by atoms with Crippen LogP contribution in [0.2, 0.25) is 0 Å². The highest BCUT2D eigenvalue weighted by molar-refractivity contribution is 5.94. The number of piperidine rings is 1. The molecule has 2 heterocycles. The lowest BCUT2D eigenvalue weighted by Gasteiger charge is -2.32. The zero-order valence-electron chi connectivity index (χ0n) is 13.7. The van der Waals surface area contributed by atoms with Crippen molar-refractivity contribution in [2.45, 2.75) is 19.3 Å². The van der Waals surface area contributed by atoms with Gasteiger partial charge in [0.2, 0.25) is 5.91 Å². The Labute approximate surface area is 144 Å². The van der Waals surface area contributed by atoms with Crippen LogP contribution >= 0.6 is 0 Å². The number of aromatic amines is 1. The lowest BCUT2D eigenvalue weighted by atomic mass is 9.96. The number of likely N-dealkylation sites (tertiary alicyclic amines) is 1.